The molecule has 4 aromatic rings. The van der Waals surface area contributed by atoms with Crippen molar-refractivity contribution in [3.63, 3.8) is 0 Å². The molecule has 1 aromatic heterocycles. The summed E-state index contributed by atoms with van der Waals surface area (Å²) in [6, 6.07) is 8.25. The summed E-state index contributed by atoms with van der Waals surface area (Å²) in [5.74, 6) is -0.642. The van der Waals surface area contributed by atoms with E-state index in [-0.39, 0.29) is 67.6 Å². The van der Waals surface area contributed by atoms with E-state index in [4.69, 9.17) is 22.6 Å². The van der Waals surface area contributed by atoms with Crippen molar-refractivity contribution in [2.24, 2.45) is 10.2 Å². The molecular weight excluding hydrogens is 656 g/mol. The monoisotopic (exact) mass is 672 g/mol. The van der Waals surface area contributed by atoms with E-state index in [9.17, 15) is 30.7 Å². The number of anilines is 4. The van der Waals surface area contributed by atoms with Crippen LogP contribution in [0.1, 0.15) is 6.92 Å². The summed E-state index contributed by atoms with van der Waals surface area (Å²) in [5, 5.41) is 24.3. The third-order valence-electron chi connectivity index (χ3n) is 5.14. The molecule has 0 atom stereocenters. The number of carbonyl (C=O) groups excluding carboxylic acids is 1. The Hall–Kier alpha value is -4.06. The number of nitrogens with one attached hydrogen (secondary N) is 2. The van der Waals surface area contributed by atoms with Gasteiger partial charge in [0.25, 0.3) is 20.2 Å². The molecular formula is C21H17ClN8O10S3. The topological polar surface area (TPSA) is 278 Å². The Bertz CT molecular complexity index is 1970. The lowest BCUT2D eigenvalue weighted by Crippen LogP contribution is -2.09. The van der Waals surface area contributed by atoms with Crippen LogP contribution < -0.4 is 16.4 Å². The van der Waals surface area contributed by atoms with Gasteiger partial charge in [-0.1, -0.05) is 5.04 Å². The molecule has 18 nitrogen and oxygen atoms in total. The first-order chi connectivity index (χ1) is 20.1. The maximum atomic E-state index is 12.2. The van der Waals surface area contributed by atoms with Crippen molar-refractivity contribution in [2.75, 3.05) is 16.4 Å². The largest absolute Gasteiger partial charge is 0.368 e. The number of fused-ring (bicyclic) bond motifs is 1. The van der Waals surface area contributed by atoms with Crippen LogP contribution in [0.2, 0.25) is 5.28 Å². The normalized spacial score (nSPS) is 12.1. The second-order valence-corrected chi connectivity index (χ2v) is 12.1. The van der Waals surface area contributed by atoms with Crippen LogP contribution in [0.25, 0.3) is 10.8 Å². The number of nitrogen functional groups attached to an aromatic ring is 1. The summed E-state index contributed by atoms with van der Waals surface area (Å²) in [6.07, 6.45) is 0. The minimum atomic E-state index is -5.00. The highest BCUT2D eigenvalue weighted by molar-refractivity contribution is 7.94. The Kier molecular flexibility index (Phi) is 9.38. The van der Waals surface area contributed by atoms with Gasteiger partial charge in [-0.3, -0.25) is 13.9 Å². The molecule has 22 heteroatoms. The van der Waals surface area contributed by atoms with E-state index in [0.717, 1.165) is 24.3 Å². The number of aromatic nitrogens is 3. The standard InChI is InChI=1S/C21H17ClN8O10S3/c1-9(31)24-16-5-10(2-3-15(16)25-21-27-19(22)26-20(23)28-21)29-30-11-4-13-14(17(6-11)42(33,34)35)7-12(41-40-39-32)8-18(13)43(36,37)38/h2-8,32H,1H3,(H,24,31)(H,33,34,35)(H,36,37,38)(H3,23,25,26,27,28). The number of halogens is 1. The van der Waals surface area contributed by atoms with Gasteiger partial charge in [0.1, 0.15) is 9.79 Å². The van der Waals surface area contributed by atoms with Gasteiger partial charge in [0.2, 0.25) is 23.1 Å². The average Bonchev–Trinajstić information content (AvgIpc) is 2.89. The van der Waals surface area contributed by atoms with Crippen LogP contribution in [0.15, 0.2) is 67.4 Å². The molecule has 0 aliphatic heterocycles. The van der Waals surface area contributed by atoms with Crippen molar-refractivity contribution in [3.05, 3.63) is 47.7 Å². The van der Waals surface area contributed by atoms with Crippen LogP contribution in [-0.4, -0.2) is 52.1 Å². The number of carbonyl (C=O) groups is 1. The number of nitrogens with zero attached hydrogens (tertiary/aromatic N) is 5. The number of hydrogen-bond donors (Lipinski definition) is 6. The molecule has 4 rings (SSSR count). The molecule has 0 bridgehead atoms. The molecule has 0 saturated carbocycles. The fourth-order valence-electron chi connectivity index (χ4n) is 3.60. The third kappa shape index (κ3) is 8.07. The minimum absolute atomic E-state index is 0.0287. The molecule has 1 amide bonds. The third-order valence-corrected chi connectivity index (χ3v) is 7.65. The highest BCUT2D eigenvalue weighted by Gasteiger charge is 2.23. The zero-order valence-corrected chi connectivity index (χ0v) is 24.4. The van der Waals surface area contributed by atoms with Gasteiger partial charge >= 0.3 is 0 Å². The second kappa shape index (κ2) is 12.7. The molecule has 0 aliphatic carbocycles. The lowest BCUT2D eigenvalue weighted by Gasteiger charge is -2.12. The number of rotatable bonds is 10. The quantitative estimate of drug-likeness (QED) is 0.0450. The summed E-state index contributed by atoms with van der Waals surface area (Å²) in [5.41, 5.74) is 5.92. The fraction of sp³-hybridized carbons (Fsp3) is 0.0476. The zero-order chi connectivity index (χ0) is 31.5. The predicted molar refractivity (Wildman–Crippen MR) is 152 cm³/mol. The highest BCUT2D eigenvalue weighted by Crippen LogP contribution is 2.38. The van der Waals surface area contributed by atoms with Crippen molar-refractivity contribution < 1.29 is 45.4 Å². The average molecular weight is 673 g/mol. The van der Waals surface area contributed by atoms with E-state index in [2.05, 4.69) is 45.2 Å². The molecule has 1 heterocycles. The van der Waals surface area contributed by atoms with Crippen LogP contribution in [0.4, 0.5) is 34.6 Å². The highest BCUT2D eigenvalue weighted by atomic mass is 35.5. The molecule has 0 unspecified atom stereocenters. The van der Waals surface area contributed by atoms with Crippen molar-refractivity contribution in [3.8, 4) is 0 Å². The van der Waals surface area contributed by atoms with Crippen LogP contribution in [0, 0.1) is 0 Å². The Morgan fingerprint density at radius 2 is 1.58 bits per heavy atom. The van der Waals surface area contributed by atoms with Crippen molar-refractivity contribution in [2.45, 2.75) is 21.6 Å². The van der Waals surface area contributed by atoms with Gasteiger partial charge in [-0.15, -0.1) is 4.33 Å². The van der Waals surface area contributed by atoms with Gasteiger partial charge in [-0.05, 0) is 54.1 Å². The lowest BCUT2D eigenvalue weighted by atomic mass is 10.1. The van der Waals surface area contributed by atoms with E-state index < -0.39 is 35.9 Å². The van der Waals surface area contributed by atoms with Crippen LogP contribution in [0.5, 0.6) is 0 Å². The molecule has 0 radical (unpaired) electrons. The maximum absolute atomic E-state index is 12.2. The second-order valence-electron chi connectivity index (χ2n) is 8.16. The van der Waals surface area contributed by atoms with Crippen LogP contribution in [-0.2, 0) is 34.4 Å². The molecule has 0 aliphatic rings. The number of hydrogen-bond acceptors (Lipinski definition) is 16. The van der Waals surface area contributed by atoms with E-state index >= 15 is 0 Å². The fourth-order valence-corrected chi connectivity index (χ4v) is 5.72. The Labute approximate surface area is 250 Å². The number of nitrogens with two attached hydrogens (primary N) is 1. The Morgan fingerprint density at radius 1 is 0.930 bits per heavy atom. The Balaban J connectivity index is 1.81. The molecule has 226 valence electrons. The van der Waals surface area contributed by atoms with E-state index in [1.807, 2.05) is 0 Å². The van der Waals surface area contributed by atoms with E-state index in [1.165, 1.54) is 25.1 Å². The maximum Gasteiger partial charge on any atom is 0.295 e. The van der Waals surface area contributed by atoms with Crippen molar-refractivity contribution >= 4 is 95.2 Å². The first kappa shape index (κ1) is 31.9. The molecule has 3 aromatic carbocycles. The number of benzene rings is 3. The molecule has 0 spiro atoms. The smallest absolute Gasteiger partial charge is 0.295 e. The first-order valence-corrected chi connectivity index (χ1v) is 15.1. The summed E-state index contributed by atoms with van der Waals surface area (Å²) in [7, 11) is -9.97. The first-order valence-electron chi connectivity index (χ1n) is 11.1. The number of azo groups is 1. The van der Waals surface area contributed by atoms with Gasteiger partial charge in [-0.25, -0.2) is 5.26 Å². The molecule has 43 heavy (non-hydrogen) atoms. The van der Waals surface area contributed by atoms with Gasteiger partial charge in [0, 0.05) is 22.6 Å². The van der Waals surface area contributed by atoms with E-state index in [0.29, 0.717) is 0 Å². The zero-order valence-electron chi connectivity index (χ0n) is 21.2. The Morgan fingerprint density at radius 3 is 2.21 bits per heavy atom. The number of amides is 1. The SMILES string of the molecule is CC(=O)Nc1cc(N=Nc2cc(S(=O)(=O)O)c3cc(SOOO)cc(S(=O)(=O)O)c3c2)ccc1Nc1nc(N)nc(Cl)n1. The summed E-state index contributed by atoms with van der Waals surface area (Å²) in [6.45, 7) is 1.25. The predicted octanol–water partition coefficient (Wildman–Crippen LogP) is 4.30. The molecule has 0 fully saturated rings. The van der Waals surface area contributed by atoms with Gasteiger partial charge < -0.3 is 16.4 Å². The van der Waals surface area contributed by atoms with Gasteiger partial charge in [-0.2, -0.15) is 42.0 Å². The van der Waals surface area contributed by atoms with Crippen molar-refractivity contribution in [1.82, 2.24) is 15.0 Å². The van der Waals surface area contributed by atoms with Crippen LogP contribution >= 0.6 is 23.6 Å². The van der Waals surface area contributed by atoms with E-state index in [1.54, 1.807) is 0 Å². The van der Waals surface area contributed by atoms with Crippen LogP contribution in [0.3, 0.4) is 0 Å². The van der Waals surface area contributed by atoms with Gasteiger partial charge in [0.15, 0.2) is 0 Å². The minimum Gasteiger partial charge on any atom is -0.368 e. The summed E-state index contributed by atoms with van der Waals surface area (Å²) >= 11 is 6.08. The summed E-state index contributed by atoms with van der Waals surface area (Å²) < 4.78 is 72.7. The molecule has 0 saturated heterocycles. The van der Waals surface area contributed by atoms with Crippen molar-refractivity contribution in [1.29, 1.82) is 0 Å². The molecule has 7 N–H and O–H groups in total. The van der Waals surface area contributed by atoms with Gasteiger partial charge in [0.05, 0.1) is 34.8 Å². The summed E-state index contributed by atoms with van der Waals surface area (Å²) in [4.78, 5) is 21.6. The lowest BCUT2D eigenvalue weighted by molar-refractivity contribution is -0.432.